The van der Waals surface area contributed by atoms with Crippen LogP contribution in [0.3, 0.4) is 0 Å². The van der Waals surface area contributed by atoms with Crippen molar-refractivity contribution in [3.8, 4) is 134 Å². The fourth-order valence-electron chi connectivity index (χ4n) is 17.3. The molecule has 0 saturated heterocycles. The van der Waals surface area contributed by atoms with Crippen LogP contribution >= 0.6 is 0 Å². The van der Waals surface area contributed by atoms with Crippen LogP contribution in [0.15, 0.2) is 414 Å². The standard InChI is InChI=1S/2C25H18NO.C24H16NO.C20H18N.2C19H16N.3Ir/c2*1-16-8-3-4-9-18(16)22-14-23(26-15-17(22)2)21-12-7-11-20-19-10-5-6-13-24(19)27-25(20)21;1-16-15-25-22(14-21(16)17-8-3-2-4-9-17)20-12-7-11-19-18-10-5-6-13-23(18)26-24(19)20;1-14-8-10-17(11-9-14)20-12-16(3)19(13-21-20)18-7-5-4-6-15(18)2;2*1-14-8-10-17(11-9-14)19-12-15(2)18(13-20-19)16-6-4-3-5-7-16;;;/h2*3-11,13-15H,1-2H3;2-11,13-15H,1H3;4-10,12-13H,1-3H3;2*3-10,12-13H,1-2H3;;;/q6*-1;;;/i2*2D3;4*1D3;;;. The van der Waals surface area contributed by atoms with Gasteiger partial charge in [0.25, 0.3) is 0 Å². The van der Waals surface area contributed by atoms with Crippen LogP contribution in [-0.4, -0.2) is 29.9 Å². The van der Waals surface area contributed by atoms with Gasteiger partial charge >= 0.3 is 0 Å². The first kappa shape index (κ1) is 80.1. The predicted molar refractivity (Wildman–Crippen MR) is 582 cm³/mol. The van der Waals surface area contributed by atoms with Crippen LogP contribution in [0.4, 0.5) is 0 Å². The van der Waals surface area contributed by atoms with E-state index in [0.29, 0.717) is 72.8 Å². The summed E-state index contributed by atoms with van der Waals surface area (Å²) >= 11 is 0. The zero-order chi connectivity index (χ0) is 112. The monoisotopic (exact) mass is 2420 g/mol. The van der Waals surface area contributed by atoms with Crippen LogP contribution in [0.25, 0.3) is 200 Å². The van der Waals surface area contributed by atoms with Crippen molar-refractivity contribution in [2.75, 3.05) is 0 Å². The van der Waals surface area contributed by atoms with Gasteiger partial charge in [-0.15, -0.1) is 161 Å². The van der Waals surface area contributed by atoms with E-state index in [2.05, 4.69) is 117 Å². The number of rotatable bonds is 12. The minimum atomic E-state index is -2.27. The average Bonchev–Trinajstić information content (AvgIpc) is 1.59. The fourth-order valence-corrected chi connectivity index (χ4v) is 17.3. The van der Waals surface area contributed by atoms with Gasteiger partial charge in [-0.3, -0.25) is 0 Å². The molecule has 0 aliphatic rings. The Hall–Kier alpha value is -15.5. The molecule has 15 aromatic carbocycles. The second-order valence-electron chi connectivity index (χ2n) is 34.1. The van der Waals surface area contributed by atoms with Crippen molar-refractivity contribution in [2.24, 2.45) is 0 Å². The quantitative estimate of drug-likeness (QED) is 0.110. The molecule has 24 aromatic rings. The molecule has 9 aromatic heterocycles. The number of hydrogen-bond acceptors (Lipinski definition) is 9. The number of hydrogen-bond donors (Lipinski definition) is 0. The largest absolute Gasteiger partial charge is 0.501 e. The maximum Gasteiger partial charge on any atom is 0.120 e. The number of furan rings is 3. The van der Waals surface area contributed by atoms with Gasteiger partial charge in [-0.25, -0.2) is 0 Å². The van der Waals surface area contributed by atoms with Crippen molar-refractivity contribution < 1.29 is 98.2 Å². The Morgan fingerprint density at radius 3 is 0.792 bits per heavy atom. The molecule has 0 fully saturated rings. The van der Waals surface area contributed by atoms with E-state index in [-0.39, 0.29) is 77.0 Å². The zero-order valence-electron chi connectivity index (χ0n) is 97.0. The molecule has 0 aliphatic carbocycles. The van der Waals surface area contributed by atoms with Crippen molar-refractivity contribution in [2.45, 2.75) is 82.7 Å². The van der Waals surface area contributed by atoms with Crippen LogP contribution in [-0.2, 0) is 60.3 Å². The molecule has 0 bridgehead atoms. The van der Waals surface area contributed by atoms with E-state index < -0.39 is 41.1 Å². The van der Waals surface area contributed by atoms with E-state index in [1.54, 1.807) is 36.4 Å². The van der Waals surface area contributed by atoms with E-state index in [1.807, 2.05) is 319 Å². The minimum absolute atomic E-state index is 0. The molecule has 0 atom stereocenters. The summed E-state index contributed by atoms with van der Waals surface area (Å²) in [5, 5.41) is 6.04. The summed E-state index contributed by atoms with van der Waals surface area (Å²) in [5.74, 6) is 0. The smallest absolute Gasteiger partial charge is 0.120 e. The van der Waals surface area contributed by atoms with Gasteiger partial charge in [0, 0.05) is 155 Å². The molecule has 144 heavy (non-hydrogen) atoms. The summed E-state index contributed by atoms with van der Waals surface area (Å²) in [5.41, 5.74) is 32.7. The third-order valence-corrected chi connectivity index (χ3v) is 24.7. The van der Waals surface area contributed by atoms with Gasteiger partial charge in [0.2, 0.25) is 0 Å². The van der Waals surface area contributed by atoms with E-state index in [0.717, 1.165) is 166 Å². The summed E-state index contributed by atoms with van der Waals surface area (Å²) in [4.78, 5) is 27.0. The SMILES string of the molecule is [2H]C([2H])([2H])c1c[c-]c(-c2cc(C)c(-c3ccccc3)cn2)cc1.[2H]C([2H])([2H])c1c[c-]c(-c2cc(C)c(-c3ccccc3)cn2)cc1.[2H]C([2H])([2H])c1c[c-]c(-c2cc(C)c(-c3ccccc3C)cn2)cc1.[2H]C([2H])([2H])c1cnc(-c2[c-]ccc3c2oc2ccccc23)cc1-c1ccccc1.[2H]C([2H])([2H])c1cnc(-c2[c-]ccc3c2oc2ccccc23)cc1-c1ccccc1C.[2H]C([2H])([2H])c1cnc(-c2[c-]ccc3c2oc2ccccc23)cc1-c1ccccc1C.[Ir].[Ir].[Ir]. The first-order chi connectivity index (χ1) is 76.1. The first-order valence-corrected chi connectivity index (χ1v) is 46.0. The Morgan fingerprint density at radius 2 is 0.486 bits per heavy atom. The molecule has 0 saturated carbocycles. The Labute approximate surface area is 908 Å². The fraction of sp³-hybridized carbons (Fsp3) is 0.0909. The molecule has 24 rings (SSSR count). The Morgan fingerprint density at radius 1 is 0.208 bits per heavy atom. The topological polar surface area (TPSA) is 117 Å². The van der Waals surface area contributed by atoms with Crippen molar-refractivity contribution in [1.82, 2.24) is 29.9 Å². The van der Waals surface area contributed by atoms with Gasteiger partial charge in [0.1, 0.15) is 16.7 Å². The number of fused-ring (bicyclic) bond motifs is 9. The minimum Gasteiger partial charge on any atom is -0.501 e. The van der Waals surface area contributed by atoms with Crippen molar-refractivity contribution in [3.63, 3.8) is 0 Å². The van der Waals surface area contributed by atoms with Gasteiger partial charge in [-0.1, -0.05) is 308 Å². The van der Waals surface area contributed by atoms with Crippen molar-refractivity contribution >= 4 is 65.8 Å². The second-order valence-corrected chi connectivity index (χ2v) is 34.1. The molecule has 0 spiro atoms. The van der Waals surface area contributed by atoms with E-state index in [1.165, 1.54) is 47.9 Å². The summed E-state index contributed by atoms with van der Waals surface area (Å²) in [6.07, 6.45) is 9.94. The van der Waals surface area contributed by atoms with Crippen LogP contribution in [0, 0.1) is 119 Å². The number of nitrogens with zero attached hydrogens (tertiary/aromatic N) is 6. The Balaban J connectivity index is 0.000000137. The molecule has 3 radical (unpaired) electrons. The van der Waals surface area contributed by atoms with Crippen LogP contribution in [0.2, 0.25) is 0 Å². The van der Waals surface area contributed by atoms with E-state index in [9.17, 15) is 0 Å². The van der Waals surface area contributed by atoms with Gasteiger partial charge in [0.15, 0.2) is 0 Å². The normalized spacial score (nSPS) is 13.1. The third-order valence-electron chi connectivity index (χ3n) is 24.7. The Kier molecular flexibility index (Phi) is 25.9. The van der Waals surface area contributed by atoms with Gasteiger partial charge in [-0.2, -0.15) is 0 Å². The maximum absolute atomic E-state index is 7.98. The molecule has 0 aliphatic heterocycles. The average molecular weight is 2420 g/mol. The zero-order valence-corrected chi connectivity index (χ0v) is 86.2. The van der Waals surface area contributed by atoms with Crippen LogP contribution in [0.5, 0.6) is 0 Å². The predicted octanol–water partition coefficient (Wildman–Crippen LogP) is 34.7. The molecule has 0 N–H and O–H groups in total. The Bertz CT molecular complexity index is 9030. The number of benzene rings is 15. The van der Waals surface area contributed by atoms with E-state index in [4.69, 9.17) is 37.9 Å². The molecule has 12 heteroatoms. The number of pyridine rings is 6. The summed E-state index contributed by atoms with van der Waals surface area (Å²) < 4.78 is 157. The summed E-state index contributed by atoms with van der Waals surface area (Å²) in [6.45, 7) is -0.904. The molecular formula is C132H102Ir3N6O3-6. The molecule has 0 amide bonds. The number of aromatic nitrogens is 6. The van der Waals surface area contributed by atoms with Gasteiger partial charge in [-0.05, 0) is 215 Å². The van der Waals surface area contributed by atoms with Gasteiger partial charge < -0.3 is 43.2 Å². The van der Waals surface area contributed by atoms with Crippen LogP contribution in [0.1, 0.15) is 91.4 Å². The third kappa shape index (κ3) is 22.7. The first-order valence-electron chi connectivity index (χ1n) is 55.0. The molecule has 9 heterocycles. The summed E-state index contributed by atoms with van der Waals surface area (Å²) in [6, 6.07) is 134. The van der Waals surface area contributed by atoms with Crippen molar-refractivity contribution in [1.29, 1.82) is 0 Å². The molecular weight excluding hydrogens is 2290 g/mol. The molecule has 9 nitrogen and oxygen atoms in total. The second kappa shape index (κ2) is 46.5. The maximum atomic E-state index is 7.98. The molecule has 711 valence electrons. The van der Waals surface area contributed by atoms with E-state index >= 15 is 0 Å². The number of aryl methyl sites for hydroxylation is 12. The van der Waals surface area contributed by atoms with Crippen molar-refractivity contribution in [3.05, 3.63) is 504 Å². The van der Waals surface area contributed by atoms with Gasteiger partial charge in [0.05, 0.1) is 16.7 Å². The molecule has 0 unspecified atom stereocenters. The summed E-state index contributed by atoms with van der Waals surface area (Å²) in [7, 11) is 0. The number of para-hydroxylation sites is 3. The van der Waals surface area contributed by atoms with Crippen LogP contribution < -0.4 is 0 Å².